The lowest BCUT2D eigenvalue weighted by Crippen LogP contribution is -2.27. The van der Waals surface area contributed by atoms with Gasteiger partial charge in [0, 0.05) is 11.8 Å². The van der Waals surface area contributed by atoms with Crippen molar-refractivity contribution in [1.29, 1.82) is 0 Å². The summed E-state index contributed by atoms with van der Waals surface area (Å²) in [7, 11) is 4.99. The quantitative estimate of drug-likeness (QED) is 0.373. The van der Waals surface area contributed by atoms with Crippen LogP contribution in [0.25, 0.3) is 11.1 Å². The summed E-state index contributed by atoms with van der Waals surface area (Å²) in [5.74, 6) is -0.313. The van der Waals surface area contributed by atoms with Crippen molar-refractivity contribution in [1.82, 2.24) is 4.90 Å². The molecule has 1 aliphatic heterocycles. The Morgan fingerprint density at radius 2 is 1.74 bits per heavy atom. The highest BCUT2D eigenvalue weighted by molar-refractivity contribution is 6.13. The van der Waals surface area contributed by atoms with E-state index in [0.717, 1.165) is 5.56 Å². The molecule has 2 amide bonds. The van der Waals surface area contributed by atoms with Crippen LogP contribution in [0.15, 0.2) is 54.6 Å². The van der Waals surface area contributed by atoms with Crippen LogP contribution in [-0.4, -0.2) is 49.4 Å². The minimum atomic E-state index is -0.500. The Hall–Kier alpha value is -4.44. The van der Waals surface area contributed by atoms with E-state index in [1.54, 1.807) is 67.5 Å². The Bertz CT molecular complexity index is 1300. The number of ether oxygens (including phenoxy) is 1. The average molecular weight is 461 g/mol. The van der Waals surface area contributed by atoms with Crippen LogP contribution < -0.4 is 20.7 Å². The summed E-state index contributed by atoms with van der Waals surface area (Å²) < 4.78 is 5.17. The number of anilines is 4. The van der Waals surface area contributed by atoms with Gasteiger partial charge in [-0.15, -0.1) is 0 Å². The molecule has 0 atom stereocenters. The number of carbonyl (C=O) groups is 2. The van der Waals surface area contributed by atoms with Crippen LogP contribution in [0.2, 0.25) is 0 Å². The smallest absolute Gasteiger partial charge is 0.310 e. The zero-order chi connectivity index (χ0) is 24.4. The normalized spacial score (nSPS) is 12.1. The van der Waals surface area contributed by atoms with E-state index in [9.17, 15) is 19.7 Å². The fourth-order valence-corrected chi connectivity index (χ4v) is 3.69. The van der Waals surface area contributed by atoms with Gasteiger partial charge in [0.1, 0.15) is 0 Å². The number of hydrogen-bond donors (Lipinski definition) is 3. The Balaban J connectivity index is 1.65. The molecule has 3 N–H and O–H groups in total. The van der Waals surface area contributed by atoms with E-state index in [-0.39, 0.29) is 29.8 Å². The van der Waals surface area contributed by atoms with Gasteiger partial charge in [0.2, 0.25) is 5.91 Å². The molecular weight excluding hydrogens is 438 g/mol. The van der Waals surface area contributed by atoms with Gasteiger partial charge >= 0.3 is 5.69 Å². The number of likely N-dealkylation sites (N-methyl/N-ethyl adjacent to an activating group) is 1. The van der Waals surface area contributed by atoms with Crippen LogP contribution >= 0.6 is 0 Å². The van der Waals surface area contributed by atoms with E-state index in [1.165, 1.54) is 13.2 Å². The zero-order valence-corrected chi connectivity index (χ0v) is 18.8. The number of carbonyl (C=O) groups excluding carboxylic acids is 2. The topological polar surface area (TPSA) is 126 Å². The summed E-state index contributed by atoms with van der Waals surface area (Å²) in [4.78, 5) is 37.4. The summed E-state index contributed by atoms with van der Waals surface area (Å²) >= 11 is 0. The lowest BCUT2D eigenvalue weighted by Gasteiger charge is -2.13. The first-order valence-electron chi connectivity index (χ1n) is 10.4. The van der Waals surface area contributed by atoms with E-state index in [1.807, 2.05) is 0 Å². The molecule has 0 radical (unpaired) electrons. The molecule has 0 spiro atoms. The minimum Gasteiger partial charge on any atom is -0.490 e. The van der Waals surface area contributed by atoms with Crippen LogP contribution in [0.5, 0.6) is 5.75 Å². The average Bonchev–Trinajstić information content (AvgIpc) is 2.92. The van der Waals surface area contributed by atoms with E-state index in [4.69, 9.17) is 4.74 Å². The Labute approximate surface area is 195 Å². The van der Waals surface area contributed by atoms with Crippen molar-refractivity contribution < 1.29 is 19.2 Å². The number of benzene rings is 3. The largest absolute Gasteiger partial charge is 0.490 e. The highest BCUT2D eigenvalue weighted by atomic mass is 16.6. The number of methoxy groups -OCH3 is 1. The van der Waals surface area contributed by atoms with E-state index in [0.29, 0.717) is 33.9 Å². The lowest BCUT2D eigenvalue weighted by molar-refractivity contribution is -0.385. The van der Waals surface area contributed by atoms with Crippen molar-refractivity contribution >= 4 is 40.3 Å². The van der Waals surface area contributed by atoms with E-state index < -0.39 is 4.92 Å². The summed E-state index contributed by atoms with van der Waals surface area (Å²) in [6.45, 7) is 0.239. The molecule has 0 aromatic heterocycles. The fourth-order valence-electron chi connectivity index (χ4n) is 3.69. The van der Waals surface area contributed by atoms with Gasteiger partial charge in [0.25, 0.3) is 5.91 Å². The third-order valence-electron chi connectivity index (χ3n) is 5.25. The number of hydrogen-bond acceptors (Lipinski definition) is 7. The molecule has 0 saturated carbocycles. The van der Waals surface area contributed by atoms with Crippen LogP contribution in [0.4, 0.5) is 28.4 Å². The van der Waals surface area contributed by atoms with Crippen molar-refractivity contribution in [2.24, 2.45) is 0 Å². The zero-order valence-electron chi connectivity index (χ0n) is 18.8. The van der Waals surface area contributed by atoms with Gasteiger partial charge < -0.3 is 25.6 Å². The molecule has 10 heteroatoms. The molecule has 10 nitrogen and oxygen atoms in total. The van der Waals surface area contributed by atoms with Gasteiger partial charge in [-0.2, -0.15) is 0 Å². The first-order valence-corrected chi connectivity index (χ1v) is 10.4. The number of rotatable bonds is 6. The van der Waals surface area contributed by atoms with Crippen molar-refractivity contribution in [3.05, 3.63) is 70.3 Å². The van der Waals surface area contributed by atoms with Gasteiger partial charge in [-0.05, 0) is 67.7 Å². The number of fused-ring (bicyclic) bond motifs is 2. The molecule has 0 saturated heterocycles. The van der Waals surface area contributed by atoms with Crippen LogP contribution in [0.1, 0.15) is 10.4 Å². The molecule has 0 aliphatic carbocycles. The summed E-state index contributed by atoms with van der Waals surface area (Å²) in [6.07, 6.45) is 0. The van der Waals surface area contributed by atoms with Gasteiger partial charge in [0.05, 0.1) is 41.2 Å². The first-order chi connectivity index (χ1) is 16.2. The van der Waals surface area contributed by atoms with Crippen molar-refractivity contribution in [2.45, 2.75) is 0 Å². The Morgan fingerprint density at radius 1 is 1.00 bits per heavy atom. The van der Waals surface area contributed by atoms with Gasteiger partial charge in [0.15, 0.2) is 5.75 Å². The van der Waals surface area contributed by atoms with Gasteiger partial charge in [-0.25, -0.2) is 0 Å². The molecule has 0 bridgehead atoms. The standard InChI is InChI=1S/C24H23N5O5/c1-28(2)13-23(30)25-16-6-8-18-20(12-16)27-24(31)17-7-4-14(10-19(17)26-18)15-5-9-21(29(32)33)22(11-15)34-3/h4-12,26H,13H2,1-3H3,(H,25,30)(H,27,31). The second-order valence-electron chi connectivity index (χ2n) is 8.03. The Kier molecular flexibility index (Phi) is 6.15. The SMILES string of the molecule is COc1cc(-c2ccc3c(c2)Nc2ccc(NC(=O)CN(C)C)cc2NC3=O)ccc1[N+](=O)[O-]. The third-order valence-corrected chi connectivity index (χ3v) is 5.25. The molecule has 3 aromatic carbocycles. The Morgan fingerprint density at radius 3 is 2.44 bits per heavy atom. The number of nitro benzene ring substituents is 1. The van der Waals surface area contributed by atoms with Crippen molar-refractivity contribution in [2.75, 3.05) is 43.7 Å². The monoisotopic (exact) mass is 461 g/mol. The maximum Gasteiger partial charge on any atom is 0.310 e. The molecule has 3 aromatic rings. The first kappa shape index (κ1) is 22.7. The van der Waals surface area contributed by atoms with Crippen LogP contribution in [0.3, 0.4) is 0 Å². The second kappa shape index (κ2) is 9.20. The van der Waals surface area contributed by atoms with E-state index in [2.05, 4.69) is 16.0 Å². The number of nitrogens with one attached hydrogen (secondary N) is 3. The molecule has 34 heavy (non-hydrogen) atoms. The highest BCUT2D eigenvalue weighted by Crippen LogP contribution is 2.37. The molecule has 174 valence electrons. The number of amides is 2. The lowest BCUT2D eigenvalue weighted by atomic mass is 10.0. The van der Waals surface area contributed by atoms with E-state index >= 15 is 0 Å². The summed E-state index contributed by atoms with van der Waals surface area (Å²) in [6, 6.07) is 15.1. The number of nitrogens with zero attached hydrogens (tertiary/aromatic N) is 2. The van der Waals surface area contributed by atoms with Crippen molar-refractivity contribution in [3.8, 4) is 16.9 Å². The molecular formula is C24H23N5O5. The maximum absolute atomic E-state index is 12.9. The summed E-state index contributed by atoms with van der Waals surface area (Å²) in [5.41, 5.74) is 4.11. The predicted molar refractivity (Wildman–Crippen MR) is 130 cm³/mol. The van der Waals surface area contributed by atoms with Gasteiger partial charge in [-0.3, -0.25) is 19.7 Å². The molecule has 4 rings (SSSR count). The van der Waals surface area contributed by atoms with Crippen LogP contribution in [-0.2, 0) is 4.79 Å². The fraction of sp³-hybridized carbons (Fsp3) is 0.167. The molecule has 1 heterocycles. The minimum absolute atomic E-state index is 0.124. The second-order valence-corrected chi connectivity index (χ2v) is 8.03. The third kappa shape index (κ3) is 4.66. The summed E-state index contributed by atoms with van der Waals surface area (Å²) in [5, 5.41) is 20.1. The van der Waals surface area contributed by atoms with Gasteiger partial charge in [-0.1, -0.05) is 6.07 Å². The molecule has 0 fully saturated rings. The maximum atomic E-state index is 12.9. The predicted octanol–water partition coefficient (Wildman–Crippen LogP) is 4.08. The molecule has 1 aliphatic rings. The number of nitro groups is 1. The highest BCUT2D eigenvalue weighted by Gasteiger charge is 2.21. The van der Waals surface area contributed by atoms with Crippen LogP contribution in [0, 0.1) is 10.1 Å². The van der Waals surface area contributed by atoms with Crippen molar-refractivity contribution in [3.63, 3.8) is 0 Å². The molecule has 0 unspecified atom stereocenters.